The molecule has 0 radical (unpaired) electrons. The maximum atomic E-state index is 13.0. The second-order valence-corrected chi connectivity index (χ2v) is 9.59. The van der Waals surface area contributed by atoms with Crippen LogP contribution < -0.4 is 4.74 Å². The molecule has 1 saturated heterocycles. The summed E-state index contributed by atoms with van der Waals surface area (Å²) < 4.78 is 5.99. The molecule has 33 heavy (non-hydrogen) atoms. The predicted octanol–water partition coefficient (Wildman–Crippen LogP) is 5.75. The maximum absolute atomic E-state index is 13.0. The van der Waals surface area contributed by atoms with Gasteiger partial charge < -0.3 is 9.64 Å². The number of thiophene rings is 1. The van der Waals surface area contributed by atoms with Crippen LogP contribution in [0.25, 0.3) is 10.8 Å². The minimum Gasteiger partial charge on any atom is -0.489 e. The third-order valence-corrected chi connectivity index (χ3v) is 7.11. The Morgan fingerprint density at radius 2 is 1.70 bits per heavy atom. The zero-order valence-corrected chi connectivity index (χ0v) is 19.7. The third kappa shape index (κ3) is 5.27. The van der Waals surface area contributed by atoms with Gasteiger partial charge in [0.1, 0.15) is 12.4 Å². The summed E-state index contributed by atoms with van der Waals surface area (Å²) in [5.74, 6) is 0.977. The molecule has 1 fully saturated rings. The Morgan fingerprint density at radius 3 is 2.52 bits per heavy atom. The van der Waals surface area contributed by atoms with E-state index in [1.807, 2.05) is 34.5 Å². The van der Waals surface area contributed by atoms with Gasteiger partial charge >= 0.3 is 0 Å². The van der Waals surface area contributed by atoms with Gasteiger partial charge in [-0.1, -0.05) is 60.2 Å². The number of amides is 1. The van der Waals surface area contributed by atoms with Crippen LogP contribution in [0, 0.1) is 6.92 Å². The first-order valence-corrected chi connectivity index (χ1v) is 12.3. The summed E-state index contributed by atoms with van der Waals surface area (Å²) in [5.41, 5.74) is 3.66. The average Bonchev–Trinajstić information content (AvgIpc) is 3.32. The highest BCUT2D eigenvalue weighted by Crippen LogP contribution is 2.23. The molecule has 3 aromatic carbocycles. The van der Waals surface area contributed by atoms with Crippen molar-refractivity contribution in [1.29, 1.82) is 0 Å². The van der Waals surface area contributed by atoms with Crippen molar-refractivity contribution in [2.24, 2.45) is 0 Å². The predicted molar refractivity (Wildman–Crippen MR) is 135 cm³/mol. The van der Waals surface area contributed by atoms with Crippen LogP contribution in [0.2, 0.25) is 0 Å². The molecule has 0 aliphatic carbocycles. The molecule has 4 nitrogen and oxygen atoms in total. The smallest absolute Gasteiger partial charge is 0.264 e. The molecule has 0 bridgehead atoms. The van der Waals surface area contributed by atoms with Crippen molar-refractivity contribution in [2.75, 3.05) is 26.2 Å². The molecule has 0 atom stereocenters. The number of nitrogens with zero attached hydrogens (tertiary/aromatic N) is 2. The summed E-state index contributed by atoms with van der Waals surface area (Å²) in [5, 5.41) is 4.40. The molecule has 5 heteroatoms. The lowest BCUT2D eigenvalue weighted by Gasteiger charge is -2.34. The van der Waals surface area contributed by atoms with Crippen LogP contribution in [0.4, 0.5) is 0 Å². The van der Waals surface area contributed by atoms with Gasteiger partial charge in [0.15, 0.2) is 0 Å². The van der Waals surface area contributed by atoms with Crippen molar-refractivity contribution in [2.45, 2.75) is 20.1 Å². The first-order valence-electron chi connectivity index (χ1n) is 11.4. The lowest BCUT2D eigenvalue weighted by atomic mass is 10.1. The Morgan fingerprint density at radius 1 is 0.879 bits per heavy atom. The SMILES string of the molecule is Cc1cccc(CN2CCN(C(=O)c3cc(COc4ccc5ccccc5c4)cs3)CC2)c1. The molecule has 5 rings (SSSR count). The largest absolute Gasteiger partial charge is 0.489 e. The van der Waals surface area contributed by atoms with Gasteiger partial charge in [0.25, 0.3) is 5.91 Å². The fourth-order valence-electron chi connectivity index (χ4n) is 4.32. The van der Waals surface area contributed by atoms with Gasteiger partial charge in [-0.25, -0.2) is 0 Å². The van der Waals surface area contributed by atoms with Crippen molar-refractivity contribution in [3.8, 4) is 5.75 Å². The van der Waals surface area contributed by atoms with Gasteiger partial charge in [0.05, 0.1) is 4.88 Å². The Kier molecular flexibility index (Phi) is 6.42. The van der Waals surface area contributed by atoms with E-state index in [-0.39, 0.29) is 5.91 Å². The zero-order chi connectivity index (χ0) is 22.6. The molecular weight excluding hydrogens is 428 g/mol. The topological polar surface area (TPSA) is 32.8 Å². The van der Waals surface area contributed by atoms with E-state index in [0.29, 0.717) is 6.61 Å². The van der Waals surface area contributed by atoms with Gasteiger partial charge in [-0.15, -0.1) is 11.3 Å². The second-order valence-electron chi connectivity index (χ2n) is 8.67. The van der Waals surface area contributed by atoms with Crippen LogP contribution in [0.3, 0.4) is 0 Å². The van der Waals surface area contributed by atoms with E-state index in [0.717, 1.165) is 54.3 Å². The standard InChI is InChI=1S/C28H28N2O2S/c1-21-5-4-6-22(15-21)18-29-11-13-30(14-12-29)28(31)27-16-23(20-33-27)19-32-26-10-9-24-7-2-3-8-25(24)17-26/h2-10,15-17,20H,11-14,18-19H2,1H3. The fourth-order valence-corrected chi connectivity index (χ4v) is 5.18. The number of hydrogen-bond donors (Lipinski definition) is 0. The molecule has 0 unspecified atom stereocenters. The van der Waals surface area contributed by atoms with Crippen molar-refractivity contribution in [3.63, 3.8) is 0 Å². The number of hydrogen-bond acceptors (Lipinski definition) is 4. The van der Waals surface area contributed by atoms with E-state index in [1.165, 1.54) is 27.8 Å². The molecule has 4 aromatic rings. The van der Waals surface area contributed by atoms with E-state index in [4.69, 9.17) is 4.74 Å². The lowest BCUT2D eigenvalue weighted by Crippen LogP contribution is -2.48. The van der Waals surface area contributed by atoms with Crippen LogP contribution in [0.5, 0.6) is 5.75 Å². The molecule has 0 N–H and O–H groups in total. The summed E-state index contributed by atoms with van der Waals surface area (Å²) in [4.78, 5) is 18.2. The average molecular weight is 457 g/mol. The van der Waals surface area contributed by atoms with Gasteiger partial charge in [-0.3, -0.25) is 9.69 Å². The highest BCUT2D eigenvalue weighted by Gasteiger charge is 2.23. The minimum atomic E-state index is 0.132. The van der Waals surface area contributed by atoms with Crippen LogP contribution in [-0.4, -0.2) is 41.9 Å². The molecule has 0 spiro atoms. The molecule has 0 saturated carbocycles. The number of rotatable bonds is 6. The Hall–Kier alpha value is -3.15. The summed E-state index contributed by atoms with van der Waals surface area (Å²) in [6.07, 6.45) is 0. The van der Waals surface area contributed by atoms with Crippen molar-refractivity contribution >= 4 is 28.0 Å². The lowest BCUT2D eigenvalue weighted by molar-refractivity contribution is 0.0633. The van der Waals surface area contributed by atoms with E-state index < -0.39 is 0 Å². The van der Waals surface area contributed by atoms with Gasteiger partial charge in [-0.2, -0.15) is 0 Å². The molecular formula is C28H28N2O2S. The first kappa shape index (κ1) is 21.7. The zero-order valence-electron chi connectivity index (χ0n) is 18.9. The maximum Gasteiger partial charge on any atom is 0.264 e. The van der Waals surface area contributed by atoms with Gasteiger partial charge in [0.2, 0.25) is 0 Å². The highest BCUT2D eigenvalue weighted by atomic mass is 32.1. The molecule has 168 valence electrons. The van der Waals surface area contributed by atoms with Crippen LogP contribution >= 0.6 is 11.3 Å². The number of ether oxygens (including phenoxy) is 1. The number of piperazine rings is 1. The van der Waals surface area contributed by atoms with E-state index >= 15 is 0 Å². The Balaban J connectivity index is 1.14. The number of aryl methyl sites for hydroxylation is 1. The van der Waals surface area contributed by atoms with E-state index in [2.05, 4.69) is 60.4 Å². The summed E-state index contributed by atoms with van der Waals surface area (Å²) in [6, 6.07) is 25.0. The van der Waals surface area contributed by atoms with Crippen molar-refractivity contribution < 1.29 is 9.53 Å². The number of fused-ring (bicyclic) bond motifs is 1. The quantitative estimate of drug-likeness (QED) is 0.371. The molecule has 1 aromatic heterocycles. The number of benzene rings is 3. The summed E-state index contributed by atoms with van der Waals surface area (Å²) in [7, 11) is 0. The Labute approximate surface area is 199 Å². The number of carbonyl (C=O) groups is 1. The summed E-state index contributed by atoms with van der Waals surface area (Å²) >= 11 is 1.51. The number of carbonyl (C=O) groups excluding carboxylic acids is 1. The second kappa shape index (κ2) is 9.77. The van der Waals surface area contributed by atoms with Crippen LogP contribution in [-0.2, 0) is 13.2 Å². The highest BCUT2D eigenvalue weighted by molar-refractivity contribution is 7.12. The van der Waals surface area contributed by atoms with Gasteiger partial charge in [0, 0.05) is 38.3 Å². The van der Waals surface area contributed by atoms with E-state index in [9.17, 15) is 4.79 Å². The normalized spacial score (nSPS) is 14.5. The van der Waals surface area contributed by atoms with Crippen molar-refractivity contribution in [1.82, 2.24) is 9.80 Å². The van der Waals surface area contributed by atoms with Crippen LogP contribution in [0.15, 0.2) is 78.2 Å². The van der Waals surface area contributed by atoms with Crippen molar-refractivity contribution in [3.05, 3.63) is 99.7 Å². The van der Waals surface area contributed by atoms with Crippen LogP contribution in [0.1, 0.15) is 26.4 Å². The molecule has 1 aliphatic rings. The van der Waals surface area contributed by atoms with Gasteiger partial charge in [-0.05, 0) is 46.8 Å². The summed E-state index contributed by atoms with van der Waals surface area (Å²) in [6.45, 7) is 6.89. The Bertz CT molecular complexity index is 1260. The fraction of sp³-hybridized carbons (Fsp3) is 0.250. The molecule has 1 amide bonds. The third-order valence-electron chi connectivity index (χ3n) is 6.14. The first-order chi connectivity index (χ1) is 16.1. The molecule has 2 heterocycles. The molecule has 1 aliphatic heterocycles. The minimum absolute atomic E-state index is 0.132. The monoisotopic (exact) mass is 456 g/mol. The van der Waals surface area contributed by atoms with E-state index in [1.54, 1.807) is 0 Å².